The third-order valence-corrected chi connectivity index (χ3v) is 2.48. The lowest BCUT2D eigenvalue weighted by molar-refractivity contribution is 0.294. The van der Waals surface area contributed by atoms with E-state index in [1.165, 1.54) is 25.7 Å². The Labute approximate surface area is 57.8 Å². The summed E-state index contributed by atoms with van der Waals surface area (Å²) in [6.45, 7) is 2.35. The maximum atomic E-state index is 3.35. The minimum absolute atomic E-state index is 0.804. The standard InChI is InChI=1S/C8H17N/c1-7-5-3-4-6-8(7)9-2/h7-9H,3-6H2,1-2H3/t7?,8-/m0/s1. The van der Waals surface area contributed by atoms with Crippen LogP contribution in [0.1, 0.15) is 32.6 Å². The van der Waals surface area contributed by atoms with Gasteiger partial charge in [-0.25, -0.2) is 0 Å². The summed E-state index contributed by atoms with van der Waals surface area (Å²) >= 11 is 0. The van der Waals surface area contributed by atoms with Crippen molar-refractivity contribution in [2.45, 2.75) is 38.6 Å². The van der Waals surface area contributed by atoms with E-state index in [1.54, 1.807) is 0 Å². The number of hydrogen-bond donors (Lipinski definition) is 1. The Morgan fingerprint density at radius 2 is 1.89 bits per heavy atom. The summed E-state index contributed by atoms with van der Waals surface area (Å²) in [4.78, 5) is 0. The molecule has 54 valence electrons. The van der Waals surface area contributed by atoms with Crippen molar-refractivity contribution in [3.8, 4) is 0 Å². The minimum atomic E-state index is 0.804. The van der Waals surface area contributed by atoms with E-state index in [0.717, 1.165) is 12.0 Å². The van der Waals surface area contributed by atoms with Gasteiger partial charge in [0.05, 0.1) is 0 Å². The van der Waals surface area contributed by atoms with E-state index in [4.69, 9.17) is 0 Å². The minimum Gasteiger partial charge on any atom is -0.317 e. The van der Waals surface area contributed by atoms with Gasteiger partial charge >= 0.3 is 0 Å². The molecule has 0 aromatic heterocycles. The normalized spacial score (nSPS) is 36.7. The van der Waals surface area contributed by atoms with Crippen molar-refractivity contribution in [1.82, 2.24) is 5.32 Å². The highest BCUT2D eigenvalue weighted by atomic mass is 14.9. The Morgan fingerprint density at radius 3 is 2.33 bits per heavy atom. The first-order valence-corrected chi connectivity index (χ1v) is 4.02. The van der Waals surface area contributed by atoms with Crippen molar-refractivity contribution in [3.05, 3.63) is 0 Å². The molecule has 1 saturated carbocycles. The smallest absolute Gasteiger partial charge is 0.00896 e. The molecule has 1 rings (SSSR count). The van der Waals surface area contributed by atoms with Crippen LogP contribution in [0, 0.1) is 5.92 Å². The highest BCUT2D eigenvalue weighted by molar-refractivity contribution is 4.75. The lowest BCUT2D eigenvalue weighted by atomic mass is 9.86. The van der Waals surface area contributed by atoms with Crippen molar-refractivity contribution in [3.63, 3.8) is 0 Å². The van der Waals surface area contributed by atoms with E-state index in [0.29, 0.717) is 0 Å². The molecule has 0 spiro atoms. The first kappa shape index (κ1) is 7.07. The van der Waals surface area contributed by atoms with Gasteiger partial charge in [0, 0.05) is 6.04 Å². The number of nitrogens with one attached hydrogen (secondary N) is 1. The van der Waals surface area contributed by atoms with Crippen molar-refractivity contribution < 1.29 is 0 Å². The summed E-state index contributed by atoms with van der Waals surface area (Å²) in [6, 6.07) is 0.804. The third-order valence-electron chi connectivity index (χ3n) is 2.48. The Kier molecular flexibility index (Phi) is 2.52. The fraction of sp³-hybridized carbons (Fsp3) is 1.00. The van der Waals surface area contributed by atoms with Gasteiger partial charge in [0.1, 0.15) is 0 Å². The predicted octanol–water partition coefficient (Wildman–Crippen LogP) is 1.78. The van der Waals surface area contributed by atoms with Crippen LogP contribution >= 0.6 is 0 Å². The molecular weight excluding hydrogens is 110 g/mol. The van der Waals surface area contributed by atoms with E-state index >= 15 is 0 Å². The largest absolute Gasteiger partial charge is 0.317 e. The van der Waals surface area contributed by atoms with E-state index < -0.39 is 0 Å². The van der Waals surface area contributed by atoms with Crippen LogP contribution in [-0.4, -0.2) is 13.1 Å². The van der Waals surface area contributed by atoms with Crippen LogP contribution in [0.4, 0.5) is 0 Å². The van der Waals surface area contributed by atoms with Crippen LogP contribution < -0.4 is 5.32 Å². The fourth-order valence-electron chi connectivity index (χ4n) is 1.75. The quantitative estimate of drug-likeness (QED) is 0.566. The number of rotatable bonds is 1. The molecule has 1 fully saturated rings. The lowest BCUT2D eigenvalue weighted by Gasteiger charge is -2.27. The van der Waals surface area contributed by atoms with Gasteiger partial charge in [0.2, 0.25) is 0 Å². The molecule has 0 aromatic carbocycles. The molecule has 0 heterocycles. The zero-order chi connectivity index (χ0) is 6.69. The molecule has 0 aliphatic heterocycles. The second kappa shape index (κ2) is 3.21. The van der Waals surface area contributed by atoms with Gasteiger partial charge in [-0.05, 0) is 25.8 Å². The van der Waals surface area contributed by atoms with E-state index in [9.17, 15) is 0 Å². The van der Waals surface area contributed by atoms with Crippen LogP contribution in [-0.2, 0) is 0 Å². The van der Waals surface area contributed by atoms with E-state index in [1.807, 2.05) is 0 Å². The lowest BCUT2D eigenvalue weighted by Crippen LogP contribution is -2.34. The highest BCUT2D eigenvalue weighted by Crippen LogP contribution is 2.22. The number of hydrogen-bond acceptors (Lipinski definition) is 1. The molecule has 1 aliphatic carbocycles. The molecule has 1 nitrogen and oxygen atoms in total. The van der Waals surface area contributed by atoms with Gasteiger partial charge < -0.3 is 5.32 Å². The Bertz CT molecular complexity index is 80.6. The molecule has 1 heteroatoms. The molecule has 0 amide bonds. The second-order valence-electron chi connectivity index (χ2n) is 3.16. The maximum Gasteiger partial charge on any atom is 0.00896 e. The van der Waals surface area contributed by atoms with Gasteiger partial charge in [0.15, 0.2) is 0 Å². The molecule has 1 aliphatic rings. The Balaban J connectivity index is 2.30. The molecular formula is C8H17N. The highest BCUT2D eigenvalue weighted by Gasteiger charge is 2.18. The summed E-state index contributed by atoms with van der Waals surface area (Å²) in [5.74, 6) is 0.906. The summed E-state index contributed by atoms with van der Waals surface area (Å²) in [7, 11) is 2.08. The van der Waals surface area contributed by atoms with E-state index in [-0.39, 0.29) is 0 Å². The molecule has 1 N–H and O–H groups in total. The zero-order valence-electron chi connectivity index (χ0n) is 6.48. The summed E-state index contributed by atoms with van der Waals surface area (Å²) in [5.41, 5.74) is 0. The Morgan fingerprint density at radius 1 is 1.22 bits per heavy atom. The summed E-state index contributed by atoms with van der Waals surface area (Å²) in [6.07, 6.45) is 5.68. The maximum absolute atomic E-state index is 3.35. The van der Waals surface area contributed by atoms with Gasteiger partial charge in [-0.3, -0.25) is 0 Å². The third kappa shape index (κ3) is 1.68. The molecule has 0 radical (unpaired) electrons. The molecule has 0 bridgehead atoms. The molecule has 1 unspecified atom stereocenters. The summed E-state index contributed by atoms with van der Waals surface area (Å²) < 4.78 is 0. The average molecular weight is 127 g/mol. The van der Waals surface area contributed by atoms with Crippen molar-refractivity contribution in [1.29, 1.82) is 0 Å². The van der Waals surface area contributed by atoms with Crippen molar-refractivity contribution in [2.75, 3.05) is 7.05 Å². The van der Waals surface area contributed by atoms with Crippen LogP contribution in [0.5, 0.6) is 0 Å². The van der Waals surface area contributed by atoms with Gasteiger partial charge in [-0.2, -0.15) is 0 Å². The SMILES string of the molecule is CN[C@H]1CCCCC1C. The van der Waals surface area contributed by atoms with Gasteiger partial charge in [-0.1, -0.05) is 19.8 Å². The van der Waals surface area contributed by atoms with Gasteiger partial charge in [0.25, 0.3) is 0 Å². The second-order valence-corrected chi connectivity index (χ2v) is 3.16. The molecule has 2 atom stereocenters. The first-order chi connectivity index (χ1) is 4.34. The van der Waals surface area contributed by atoms with Gasteiger partial charge in [-0.15, -0.1) is 0 Å². The van der Waals surface area contributed by atoms with E-state index in [2.05, 4.69) is 19.3 Å². The monoisotopic (exact) mass is 127 g/mol. The van der Waals surface area contributed by atoms with Crippen LogP contribution in [0.2, 0.25) is 0 Å². The summed E-state index contributed by atoms with van der Waals surface area (Å²) in [5, 5.41) is 3.35. The van der Waals surface area contributed by atoms with Crippen molar-refractivity contribution >= 4 is 0 Å². The van der Waals surface area contributed by atoms with Crippen LogP contribution in [0.25, 0.3) is 0 Å². The molecule has 0 saturated heterocycles. The fourth-order valence-corrected chi connectivity index (χ4v) is 1.75. The van der Waals surface area contributed by atoms with Crippen LogP contribution in [0.15, 0.2) is 0 Å². The zero-order valence-corrected chi connectivity index (χ0v) is 6.48. The first-order valence-electron chi connectivity index (χ1n) is 4.02. The Hall–Kier alpha value is -0.0400. The topological polar surface area (TPSA) is 12.0 Å². The van der Waals surface area contributed by atoms with Crippen LogP contribution in [0.3, 0.4) is 0 Å². The molecule has 0 aromatic rings. The average Bonchev–Trinajstić information content (AvgIpc) is 1.89. The van der Waals surface area contributed by atoms with Crippen molar-refractivity contribution in [2.24, 2.45) is 5.92 Å². The predicted molar refractivity (Wildman–Crippen MR) is 40.5 cm³/mol. The molecule has 9 heavy (non-hydrogen) atoms.